The highest BCUT2D eigenvalue weighted by molar-refractivity contribution is 8.00. The summed E-state index contributed by atoms with van der Waals surface area (Å²) in [5.41, 5.74) is 8.29. The Labute approximate surface area is 176 Å². The molecule has 0 aromatic heterocycles. The fourth-order valence-electron chi connectivity index (χ4n) is 3.34. The van der Waals surface area contributed by atoms with Crippen molar-refractivity contribution >= 4 is 41.7 Å². The maximum Gasteiger partial charge on any atom is 0.230 e. The number of nitrogens with two attached hydrogens (primary N) is 1. The second-order valence-electron chi connectivity index (χ2n) is 6.83. The third-order valence-electron chi connectivity index (χ3n) is 4.79. The number of rotatable bonds is 6. The van der Waals surface area contributed by atoms with Gasteiger partial charge < -0.3 is 11.1 Å². The van der Waals surface area contributed by atoms with Crippen LogP contribution in [-0.4, -0.2) is 23.7 Å². The second-order valence-corrected chi connectivity index (χ2v) is 8.36. The molecule has 1 atom stereocenters. The fourth-order valence-corrected chi connectivity index (χ4v) is 4.57. The average Bonchev–Trinajstić information content (AvgIpc) is 2.66. The Bertz CT molecular complexity index is 704. The zero-order chi connectivity index (χ0) is 18.4. The van der Waals surface area contributed by atoms with Gasteiger partial charge in [-0.2, -0.15) is 0 Å². The van der Waals surface area contributed by atoms with Crippen molar-refractivity contribution in [2.24, 2.45) is 5.73 Å². The van der Waals surface area contributed by atoms with Crippen LogP contribution in [0, 0.1) is 0 Å². The van der Waals surface area contributed by atoms with Gasteiger partial charge in [-0.15, -0.1) is 24.2 Å². The Morgan fingerprint density at radius 1 is 1.04 bits per heavy atom. The summed E-state index contributed by atoms with van der Waals surface area (Å²) in [6, 6.07) is 18.7. The van der Waals surface area contributed by atoms with E-state index in [1.165, 1.54) is 5.56 Å². The molecule has 27 heavy (non-hydrogen) atoms. The van der Waals surface area contributed by atoms with Crippen molar-refractivity contribution in [3.8, 4) is 0 Å². The highest BCUT2D eigenvalue weighted by Gasteiger charge is 2.21. The van der Waals surface area contributed by atoms with Gasteiger partial charge in [0.2, 0.25) is 5.91 Å². The number of thioether (sulfide) groups is 1. The molecule has 0 aliphatic heterocycles. The van der Waals surface area contributed by atoms with Gasteiger partial charge in [-0.3, -0.25) is 4.79 Å². The van der Waals surface area contributed by atoms with Crippen molar-refractivity contribution in [2.45, 2.75) is 43.0 Å². The zero-order valence-electron chi connectivity index (χ0n) is 15.1. The van der Waals surface area contributed by atoms with Gasteiger partial charge in [0.1, 0.15) is 0 Å². The Balaban J connectivity index is 0.00000261. The van der Waals surface area contributed by atoms with E-state index in [2.05, 4.69) is 17.4 Å². The van der Waals surface area contributed by atoms with Crippen LogP contribution in [0.4, 0.5) is 0 Å². The molecule has 3 rings (SSSR count). The predicted octanol–water partition coefficient (Wildman–Crippen LogP) is 4.97. The van der Waals surface area contributed by atoms with E-state index in [-0.39, 0.29) is 29.6 Å². The van der Waals surface area contributed by atoms with Gasteiger partial charge in [-0.05, 0) is 48.9 Å². The summed E-state index contributed by atoms with van der Waals surface area (Å²) in [7, 11) is 0. The fraction of sp³-hybridized carbons (Fsp3) is 0.381. The molecule has 2 aromatic carbocycles. The first-order chi connectivity index (χ1) is 12.6. The second kappa shape index (κ2) is 11.0. The van der Waals surface area contributed by atoms with Gasteiger partial charge in [-0.1, -0.05) is 54.1 Å². The molecule has 146 valence electrons. The van der Waals surface area contributed by atoms with E-state index in [9.17, 15) is 4.79 Å². The van der Waals surface area contributed by atoms with Crippen molar-refractivity contribution < 1.29 is 4.79 Å². The van der Waals surface area contributed by atoms with Gasteiger partial charge in [0, 0.05) is 17.1 Å². The van der Waals surface area contributed by atoms with Crippen LogP contribution >= 0.6 is 35.8 Å². The smallest absolute Gasteiger partial charge is 0.230 e. The Hall–Kier alpha value is -1.20. The highest BCUT2D eigenvalue weighted by Crippen LogP contribution is 2.36. The van der Waals surface area contributed by atoms with Gasteiger partial charge in [0.05, 0.1) is 11.0 Å². The largest absolute Gasteiger partial charge is 0.353 e. The highest BCUT2D eigenvalue weighted by atomic mass is 35.5. The lowest BCUT2D eigenvalue weighted by Gasteiger charge is -2.27. The van der Waals surface area contributed by atoms with Crippen LogP contribution in [0.5, 0.6) is 0 Å². The predicted molar refractivity (Wildman–Crippen MR) is 118 cm³/mol. The minimum Gasteiger partial charge on any atom is -0.353 e. The molecule has 0 saturated heterocycles. The average molecular weight is 425 g/mol. The summed E-state index contributed by atoms with van der Waals surface area (Å²) < 4.78 is 0. The van der Waals surface area contributed by atoms with Crippen LogP contribution in [0.25, 0.3) is 0 Å². The minimum absolute atomic E-state index is 0. The molecule has 2 aromatic rings. The molecule has 6 heteroatoms. The molecule has 1 amide bonds. The number of hydrogen-bond donors (Lipinski definition) is 2. The molecule has 1 fully saturated rings. The summed E-state index contributed by atoms with van der Waals surface area (Å²) >= 11 is 7.68. The molecule has 1 saturated carbocycles. The number of hydrogen-bond acceptors (Lipinski definition) is 3. The van der Waals surface area contributed by atoms with Crippen molar-refractivity contribution in [3.63, 3.8) is 0 Å². The maximum atomic E-state index is 12.4. The van der Waals surface area contributed by atoms with Gasteiger partial charge in [0.15, 0.2) is 0 Å². The van der Waals surface area contributed by atoms with Crippen molar-refractivity contribution in [2.75, 3.05) is 5.75 Å². The number of carbonyl (C=O) groups excluding carboxylic acids is 1. The number of amides is 1. The Morgan fingerprint density at radius 3 is 2.26 bits per heavy atom. The van der Waals surface area contributed by atoms with Gasteiger partial charge >= 0.3 is 0 Å². The summed E-state index contributed by atoms with van der Waals surface area (Å²) in [4.78, 5) is 12.4. The molecular formula is C21H26Cl2N2OS. The van der Waals surface area contributed by atoms with Crippen LogP contribution in [0.15, 0.2) is 54.6 Å². The molecule has 3 N–H and O–H groups in total. The number of nitrogens with one attached hydrogen (secondary N) is 1. The maximum absolute atomic E-state index is 12.4. The SMILES string of the molecule is Cl.NC1CCC(NC(=O)CSC(c2ccccc2)c2ccc(Cl)cc2)CC1. The molecule has 1 unspecified atom stereocenters. The van der Waals surface area contributed by atoms with E-state index in [4.69, 9.17) is 17.3 Å². The minimum atomic E-state index is 0. The van der Waals surface area contributed by atoms with Crippen LogP contribution in [0.1, 0.15) is 42.1 Å². The number of carbonyl (C=O) groups is 1. The van der Waals surface area contributed by atoms with Crippen molar-refractivity contribution in [1.82, 2.24) is 5.32 Å². The first kappa shape index (κ1) is 22.1. The number of benzene rings is 2. The Morgan fingerprint density at radius 2 is 1.63 bits per heavy atom. The van der Waals surface area contributed by atoms with Crippen molar-refractivity contribution in [1.29, 1.82) is 0 Å². The normalized spacial score (nSPS) is 20.4. The van der Waals surface area contributed by atoms with E-state index >= 15 is 0 Å². The summed E-state index contributed by atoms with van der Waals surface area (Å²) in [5.74, 6) is 0.537. The monoisotopic (exact) mass is 424 g/mol. The molecule has 0 bridgehead atoms. The molecule has 3 nitrogen and oxygen atoms in total. The topological polar surface area (TPSA) is 55.1 Å². The molecule has 0 spiro atoms. The Kier molecular flexibility index (Phi) is 8.97. The van der Waals surface area contributed by atoms with Gasteiger partial charge in [0.25, 0.3) is 0 Å². The van der Waals surface area contributed by atoms with E-state index in [0.717, 1.165) is 36.3 Å². The standard InChI is InChI=1S/C21H25ClN2OS.ClH/c22-17-8-6-16(7-9-17)21(15-4-2-1-3-5-15)26-14-20(25)24-19-12-10-18(23)11-13-19;/h1-9,18-19,21H,10-14,23H2,(H,24,25);1H. The van der Waals surface area contributed by atoms with Crippen LogP contribution in [-0.2, 0) is 4.79 Å². The molecule has 0 heterocycles. The van der Waals surface area contributed by atoms with E-state index in [1.54, 1.807) is 11.8 Å². The lowest BCUT2D eigenvalue weighted by molar-refractivity contribution is -0.119. The zero-order valence-corrected chi connectivity index (χ0v) is 17.5. The molecule has 1 aliphatic carbocycles. The van der Waals surface area contributed by atoms with E-state index in [1.807, 2.05) is 42.5 Å². The lowest BCUT2D eigenvalue weighted by atomic mass is 9.92. The van der Waals surface area contributed by atoms with Crippen LogP contribution in [0.3, 0.4) is 0 Å². The molecule has 0 radical (unpaired) electrons. The number of halogens is 2. The summed E-state index contributed by atoms with van der Waals surface area (Å²) in [6.07, 6.45) is 3.96. The van der Waals surface area contributed by atoms with E-state index < -0.39 is 0 Å². The molecule has 1 aliphatic rings. The third kappa shape index (κ3) is 6.72. The van der Waals surface area contributed by atoms with E-state index in [0.29, 0.717) is 11.8 Å². The van der Waals surface area contributed by atoms with Gasteiger partial charge in [-0.25, -0.2) is 0 Å². The van der Waals surface area contributed by atoms with Crippen molar-refractivity contribution in [3.05, 3.63) is 70.7 Å². The first-order valence-corrected chi connectivity index (χ1v) is 10.5. The first-order valence-electron chi connectivity index (χ1n) is 9.09. The lowest BCUT2D eigenvalue weighted by Crippen LogP contribution is -2.41. The summed E-state index contributed by atoms with van der Waals surface area (Å²) in [6.45, 7) is 0. The quantitative estimate of drug-likeness (QED) is 0.687. The molecular weight excluding hydrogens is 399 g/mol. The third-order valence-corrected chi connectivity index (χ3v) is 6.35. The van der Waals surface area contributed by atoms with Crippen LogP contribution < -0.4 is 11.1 Å². The van der Waals surface area contributed by atoms with Crippen LogP contribution in [0.2, 0.25) is 5.02 Å². The summed E-state index contributed by atoms with van der Waals surface area (Å²) in [5, 5.41) is 4.00.